The summed E-state index contributed by atoms with van der Waals surface area (Å²) in [5, 5.41) is 1.22. The number of ether oxygens (including phenoxy) is 1. The van der Waals surface area contributed by atoms with Crippen molar-refractivity contribution in [3.8, 4) is 16.5 Å². The van der Waals surface area contributed by atoms with Gasteiger partial charge in [-0.25, -0.2) is 9.97 Å². The zero-order valence-corrected chi connectivity index (χ0v) is 12.2. The molecule has 0 N–H and O–H groups in total. The minimum atomic E-state index is 0.570. The molecule has 0 bridgehead atoms. The molecule has 0 fully saturated rings. The Balaban J connectivity index is 1.99. The van der Waals surface area contributed by atoms with E-state index in [4.69, 9.17) is 9.72 Å². The predicted molar refractivity (Wildman–Crippen MR) is 86.9 cm³/mol. The Morgan fingerprint density at radius 3 is 2.38 bits per heavy atom. The highest BCUT2D eigenvalue weighted by atomic mass is 32.1. The number of benzene rings is 2. The van der Waals surface area contributed by atoms with E-state index in [1.54, 1.807) is 18.4 Å². The van der Waals surface area contributed by atoms with E-state index in [0.29, 0.717) is 5.88 Å². The van der Waals surface area contributed by atoms with E-state index < -0.39 is 0 Å². The van der Waals surface area contributed by atoms with Crippen LogP contribution in [0.2, 0.25) is 0 Å². The van der Waals surface area contributed by atoms with Crippen molar-refractivity contribution in [1.82, 2.24) is 9.97 Å². The molecular formula is C17H12N2OS. The third kappa shape index (κ3) is 2.04. The Bertz CT molecular complexity index is 913. The van der Waals surface area contributed by atoms with Gasteiger partial charge in [-0.3, -0.25) is 0 Å². The van der Waals surface area contributed by atoms with Gasteiger partial charge in [0.25, 0.3) is 0 Å². The Kier molecular flexibility index (Phi) is 2.82. The number of fused-ring (bicyclic) bond motifs is 2. The Morgan fingerprint density at radius 1 is 0.905 bits per heavy atom. The molecule has 0 spiro atoms. The molecule has 2 heterocycles. The molecule has 4 rings (SSSR count). The summed E-state index contributed by atoms with van der Waals surface area (Å²) in [6.45, 7) is 0. The largest absolute Gasteiger partial charge is 0.479 e. The molecule has 2 aromatic heterocycles. The molecule has 0 saturated heterocycles. The van der Waals surface area contributed by atoms with Crippen LogP contribution in [0.25, 0.3) is 31.7 Å². The van der Waals surface area contributed by atoms with E-state index >= 15 is 0 Å². The molecule has 0 aliphatic heterocycles. The molecule has 0 aliphatic carbocycles. The van der Waals surface area contributed by atoms with E-state index in [-0.39, 0.29) is 0 Å². The molecule has 0 radical (unpaired) electrons. The number of thiophene rings is 1. The SMILES string of the molecule is COc1nc2ccccc2nc1-c1cc2ccccc2s1. The summed E-state index contributed by atoms with van der Waals surface area (Å²) < 4.78 is 6.68. The van der Waals surface area contributed by atoms with Crippen molar-refractivity contribution in [3.05, 3.63) is 54.6 Å². The van der Waals surface area contributed by atoms with Crippen molar-refractivity contribution < 1.29 is 4.74 Å². The van der Waals surface area contributed by atoms with Gasteiger partial charge in [0.2, 0.25) is 5.88 Å². The molecule has 2 aromatic carbocycles. The number of methoxy groups -OCH3 is 1. The summed E-state index contributed by atoms with van der Waals surface area (Å²) in [6, 6.07) is 18.3. The summed E-state index contributed by atoms with van der Waals surface area (Å²) >= 11 is 1.71. The lowest BCUT2D eigenvalue weighted by molar-refractivity contribution is 0.400. The van der Waals surface area contributed by atoms with E-state index in [2.05, 4.69) is 23.2 Å². The van der Waals surface area contributed by atoms with Crippen LogP contribution in [0.3, 0.4) is 0 Å². The van der Waals surface area contributed by atoms with Gasteiger partial charge >= 0.3 is 0 Å². The summed E-state index contributed by atoms with van der Waals surface area (Å²) in [5.41, 5.74) is 2.53. The van der Waals surface area contributed by atoms with Crippen LogP contribution in [0.1, 0.15) is 0 Å². The molecule has 4 aromatic rings. The van der Waals surface area contributed by atoms with Crippen LogP contribution in [0, 0.1) is 0 Å². The van der Waals surface area contributed by atoms with Crippen LogP contribution in [0.15, 0.2) is 54.6 Å². The van der Waals surface area contributed by atoms with Crippen molar-refractivity contribution in [3.63, 3.8) is 0 Å². The molecule has 3 nitrogen and oxygen atoms in total. The molecule has 0 atom stereocenters. The van der Waals surface area contributed by atoms with Gasteiger partial charge in [-0.05, 0) is 29.7 Å². The average Bonchev–Trinajstić information content (AvgIpc) is 2.97. The maximum atomic E-state index is 5.44. The first kappa shape index (κ1) is 12.3. The van der Waals surface area contributed by atoms with Crippen LogP contribution < -0.4 is 4.74 Å². The van der Waals surface area contributed by atoms with Crippen LogP contribution in [0.5, 0.6) is 5.88 Å². The molecule has 4 heteroatoms. The van der Waals surface area contributed by atoms with E-state index in [1.165, 1.54) is 10.1 Å². The normalized spacial score (nSPS) is 11.1. The molecule has 0 amide bonds. The lowest BCUT2D eigenvalue weighted by atomic mass is 10.2. The van der Waals surface area contributed by atoms with Gasteiger partial charge in [0.05, 0.1) is 23.0 Å². The molecular weight excluding hydrogens is 280 g/mol. The lowest BCUT2D eigenvalue weighted by Gasteiger charge is -2.06. The maximum Gasteiger partial charge on any atom is 0.241 e. The molecule has 0 saturated carbocycles. The highest BCUT2D eigenvalue weighted by Gasteiger charge is 2.14. The summed E-state index contributed by atoms with van der Waals surface area (Å²) in [5.74, 6) is 0.570. The number of aromatic nitrogens is 2. The first-order valence-electron chi connectivity index (χ1n) is 6.65. The fraction of sp³-hybridized carbons (Fsp3) is 0.0588. The van der Waals surface area contributed by atoms with Crippen molar-refractivity contribution in [1.29, 1.82) is 0 Å². The average molecular weight is 292 g/mol. The third-order valence-electron chi connectivity index (χ3n) is 3.39. The van der Waals surface area contributed by atoms with Gasteiger partial charge in [-0.1, -0.05) is 30.3 Å². The van der Waals surface area contributed by atoms with Gasteiger partial charge in [0.15, 0.2) is 0 Å². The van der Waals surface area contributed by atoms with Crippen LogP contribution in [-0.4, -0.2) is 17.1 Å². The van der Waals surface area contributed by atoms with Crippen LogP contribution >= 0.6 is 11.3 Å². The van der Waals surface area contributed by atoms with E-state index in [9.17, 15) is 0 Å². The van der Waals surface area contributed by atoms with Crippen molar-refractivity contribution in [2.24, 2.45) is 0 Å². The zero-order valence-electron chi connectivity index (χ0n) is 11.4. The van der Waals surface area contributed by atoms with Gasteiger partial charge in [-0.2, -0.15) is 0 Å². The quantitative estimate of drug-likeness (QED) is 0.545. The van der Waals surface area contributed by atoms with Crippen molar-refractivity contribution >= 4 is 32.5 Å². The van der Waals surface area contributed by atoms with Gasteiger partial charge in [0, 0.05) is 4.70 Å². The fourth-order valence-corrected chi connectivity index (χ4v) is 3.43. The first-order chi connectivity index (χ1) is 10.3. The number of hydrogen-bond donors (Lipinski definition) is 0. The Morgan fingerprint density at radius 2 is 1.62 bits per heavy atom. The minimum absolute atomic E-state index is 0.570. The molecule has 21 heavy (non-hydrogen) atoms. The van der Waals surface area contributed by atoms with Crippen LogP contribution in [0.4, 0.5) is 0 Å². The third-order valence-corrected chi connectivity index (χ3v) is 4.51. The Hall–Kier alpha value is -2.46. The van der Waals surface area contributed by atoms with Crippen LogP contribution in [-0.2, 0) is 0 Å². The highest BCUT2D eigenvalue weighted by molar-refractivity contribution is 7.22. The fourth-order valence-electron chi connectivity index (χ4n) is 2.39. The summed E-state index contributed by atoms with van der Waals surface area (Å²) in [4.78, 5) is 10.4. The number of hydrogen-bond acceptors (Lipinski definition) is 4. The van der Waals surface area contributed by atoms with Gasteiger partial charge in [0.1, 0.15) is 5.69 Å². The second-order valence-corrected chi connectivity index (χ2v) is 5.80. The summed E-state index contributed by atoms with van der Waals surface area (Å²) in [7, 11) is 1.63. The number of nitrogens with zero attached hydrogens (tertiary/aromatic N) is 2. The first-order valence-corrected chi connectivity index (χ1v) is 7.46. The zero-order chi connectivity index (χ0) is 14.2. The highest BCUT2D eigenvalue weighted by Crippen LogP contribution is 2.36. The monoisotopic (exact) mass is 292 g/mol. The van der Waals surface area contributed by atoms with E-state index in [1.807, 2.05) is 36.4 Å². The van der Waals surface area contributed by atoms with Gasteiger partial charge in [-0.15, -0.1) is 11.3 Å². The second-order valence-electron chi connectivity index (χ2n) is 4.72. The van der Waals surface area contributed by atoms with Crippen molar-refractivity contribution in [2.75, 3.05) is 7.11 Å². The van der Waals surface area contributed by atoms with E-state index in [0.717, 1.165) is 21.6 Å². The Labute approximate surface area is 125 Å². The topological polar surface area (TPSA) is 35.0 Å². The minimum Gasteiger partial charge on any atom is -0.479 e. The maximum absolute atomic E-state index is 5.44. The molecule has 0 unspecified atom stereocenters. The number of rotatable bonds is 2. The molecule has 0 aliphatic rings. The smallest absolute Gasteiger partial charge is 0.241 e. The van der Waals surface area contributed by atoms with Crippen molar-refractivity contribution in [2.45, 2.75) is 0 Å². The number of para-hydroxylation sites is 2. The summed E-state index contributed by atoms with van der Waals surface area (Å²) in [6.07, 6.45) is 0. The predicted octanol–water partition coefficient (Wildman–Crippen LogP) is 4.52. The second kappa shape index (κ2) is 4.82. The molecule has 102 valence electrons. The van der Waals surface area contributed by atoms with Gasteiger partial charge < -0.3 is 4.74 Å². The standard InChI is InChI=1S/C17H12N2OS/c1-20-17-16(18-12-7-3-4-8-13(12)19-17)15-10-11-6-2-5-9-14(11)21-15/h2-10H,1H3. The lowest BCUT2D eigenvalue weighted by Crippen LogP contribution is -1.95.